The zero-order valence-electron chi connectivity index (χ0n) is 23.1. The molecule has 0 radical (unpaired) electrons. The minimum Gasteiger partial charge on any atom is -0.378 e. The lowest BCUT2D eigenvalue weighted by Crippen LogP contribution is -2.50. The van der Waals surface area contributed by atoms with Gasteiger partial charge in [0.15, 0.2) is 0 Å². The summed E-state index contributed by atoms with van der Waals surface area (Å²) >= 11 is 1.46. The van der Waals surface area contributed by atoms with Crippen molar-refractivity contribution < 1.29 is 22.0 Å². The molecule has 216 valence electrons. The van der Waals surface area contributed by atoms with Gasteiger partial charge in [0.05, 0.1) is 21.6 Å². The van der Waals surface area contributed by atoms with Crippen LogP contribution in [0.4, 0.5) is 14.5 Å². The molecule has 2 N–H and O–H groups in total. The number of rotatable bonds is 11. The van der Waals surface area contributed by atoms with Crippen molar-refractivity contribution >= 4 is 33.4 Å². The highest BCUT2D eigenvalue weighted by molar-refractivity contribution is 7.99. The first kappa shape index (κ1) is 30.3. The number of hydrogen-bond acceptors (Lipinski definition) is 7. The minimum absolute atomic E-state index is 0.0892. The highest BCUT2D eigenvalue weighted by Crippen LogP contribution is 2.56. The fraction of sp³-hybridized carbons (Fsp3) is 0.517. The maximum absolute atomic E-state index is 15.4. The van der Waals surface area contributed by atoms with Gasteiger partial charge in [-0.15, -0.1) is 11.8 Å². The van der Waals surface area contributed by atoms with Crippen LogP contribution in [0.5, 0.6) is 0 Å². The van der Waals surface area contributed by atoms with Gasteiger partial charge in [-0.1, -0.05) is 6.92 Å². The summed E-state index contributed by atoms with van der Waals surface area (Å²) in [7, 11) is -0.557. The number of nitrogens with zero attached hydrogens (tertiary/aromatic N) is 2. The Morgan fingerprint density at radius 3 is 2.30 bits per heavy atom. The van der Waals surface area contributed by atoms with Gasteiger partial charge in [0.1, 0.15) is 17.7 Å². The lowest BCUT2D eigenvalue weighted by molar-refractivity contribution is -0.137. The van der Waals surface area contributed by atoms with Crippen molar-refractivity contribution in [1.29, 1.82) is 5.26 Å². The van der Waals surface area contributed by atoms with Crippen molar-refractivity contribution in [1.82, 2.24) is 9.62 Å². The number of benzene rings is 2. The van der Waals surface area contributed by atoms with Crippen LogP contribution in [0.25, 0.3) is 0 Å². The molecule has 3 fully saturated rings. The predicted molar refractivity (Wildman–Crippen MR) is 152 cm³/mol. The van der Waals surface area contributed by atoms with Crippen LogP contribution in [0.15, 0.2) is 46.2 Å². The van der Waals surface area contributed by atoms with E-state index in [1.54, 1.807) is 12.1 Å². The first-order valence-electron chi connectivity index (χ1n) is 13.5. The lowest BCUT2D eigenvalue weighted by Gasteiger charge is -2.50. The SMILES string of the molecule is CN(C)CC[C@H](CSc1ccc(F)cc1)Nc1c(F)cc(S(=O)(=O)NC(=O)C23CCC(C)(CC2)CC3)cc1C#N. The zero-order chi connectivity index (χ0) is 29.1. The molecule has 7 nitrogen and oxygen atoms in total. The molecule has 3 aliphatic rings. The maximum atomic E-state index is 15.4. The second-order valence-electron chi connectivity index (χ2n) is 11.7. The van der Waals surface area contributed by atoms with Gasteiger partial charge in [-0.2, -0.15) is 5.26 Å². The lowest BCUT2D eigenvalue weighted by atomic mass is 9.54. The number of amides is 1. The standard InChI is InChI=1S/C29H36F2N4O3S2/c1-28-9-12-29(13-10-28,14-11-28)27(36)34-40(37,38)24-16-20(18-32)26(25(31)17-24)33-22(8-15-35(2)3)19-39-23-6-4-21(30)5-7-23/h4-7,16-17,22,33H,8-15,19H2,1-3H3,(H,34,36)/t22-,28?,29?/m1/s1. The fourth-order valence-corrected chi connectivity index (χ4v) is 7.60. The Hall–Kier alpha value is -2.68. The summed E-state index contributed by atoms with van der Waals surface area (Å²) in [5.74, 6) is -1.27. The van der Waals surface area contributed by atoms with Gasteiger partial charge < -0.3 is 10.2 Å². The number of anilines is 1. The Morgan fingerprint density at radius 2 is 1.73 bits per heavy atom. The van der Waals surface area contributed by atoms with E-state index in [0.717, 1.165) is 36.3 Å². The topological polar surface area (TPSA) is 102 Å². The van der Waals surface area contributed by atoms with E-state index in [4.69, 9.17) is 0 Å². The molecule has 5 rings (SSSR count). The summed E-state index contributed by atoms with van der Waals surface area (Å²) in [6.07, 6.45) is 5.15. The number of halogens is 2. The van der Waals surface area contributed by atoms with Crippen molar-refractivity contribution in [2.24, 2.45) is 10.8 Å². The molecule has 2 aromatic rings. The number of nitriles is 1. The van der Waals surface area contributed by atoms with E-state index >= 15 is 4.39 Å². The summed E-state index contributed by atoms with van der Waals surface area (Å²) < 4.78 is 57.2. The normalized spacial score (nSPS) is 23.0. The molecule has 0 aromatic heterocycles. The van der Waals surface area contributed by atoms with Crippen molar-refractivity contribution in [3.05, 3.63) is 53.6 Å². The van der Waals surface area contributed by atoms with E-state index < -0.39 is 32.1 Å². The van der Waals surface area contributed by atoms with Crippen LogP contribution >= 0.6 is 11.8 Å². The molecule has 11 heteroatoms. The first-order chi connectivity index (χ1) is 18.8. The Balaban J connectivity index is 1.52. The molecule has 3 saturated carbocycles. The first-order valence-corrected chi connectivity index (χ1v) is 15.9. The molecule has 40 heavy (non-hydrogen) atoms. The van der Waals surface area contributed by atoms with Crippen LogP contribution in [0.2, 0.25) is 0 Å². The molecule has 0 heterocycles. The Kier molecular flexibility index (Phi) is 9.12. The van der Waals surface area contributed by atoms with Crippen molar-refractivity contribution in [3.63, 3.8) is 0 Å². The van der Waals surface area contributed by atoms with Gasteiger partial charge in [-0.05, 0) is 107 Å². The number of fused-ring (bicyclic) bond motifs is 3. The third kappa shape index (κ3) is 6.96. The molecule has 2 bridgehead atoms. The Labute approximate surface area is 239 Å². The molecule has 2 aromatic carbocycles. The largest absolute Gasteiger partial charge is 0.378 e. The highest BCUT2D eigenvalue weighted by Gasteiger charge is 2.51. The summed E-state index contributed by atoms with van der Waals surface area (Å²) in [5.41, 5.74) is -0.756. The number of carbonyl (C=O) groups excluding carboxylic acids is 1. The van der Waals surface area contributed by atoms with Crippen molar-refractivity contribution in [2.75, 3.05) is 31.7 Å². The molecule has 0 saturated heterocycles. The van der Waals surface area contributed by atoms with Crippen LogP contribution in [-0.2, 0) is 14.8 Å². The second kappa shape index (κ2) is 12.0. The third-order valence-electron chi connectivity index (χ3n) is 8.36. The van der Waals surface area contributed by atoms with E-state index in [-0.39, 0.29) is 28.5 Å². The number of nitrogens with one attached hydrogen (secondary N) is 2. The van der Waals surface area contributed by atoms with Gasteiger partial charge in [-0.25, -0.2) is 21.9 Å². The number of thioether (sulfide) groups is 1. The second-order valence-corrected chi connectivity index (χ2v) is 14.4. The van der Waals surface area contributed by atoms with Crippen LogP contribution in [0.3, 0.4) is 0 Å². The van der Waals surface area contributed by atoms with Crippen LogP contribution < -0.4 is 10.0 Å². The summed E-state index contributed by atoms with van der Waals surface area (Å²) in [6, 6.07) is 9.66. The summed E-state index contributed by atoms with van der Waals surface area (Å²) in [6.45, 7) is 2.89. The van der Waals surface area contributed by atoms with Crippen LogP contribution in [-0.4, -0.2) is 51.7 Å². The molecular formula is C29H36F2N4O3S2. The average Bonchev–Trinajstić information content (AvgIpc) is 2.92. The van der Waals surface area contributed by atoms with Crippen LogP contribution in [0.1, 0.15) is 57.4 Å². The number of sulfonamides is 1. The van der Waals surface area contributed by atoms with Gasteiger partial charge >= 0.3 is 0 Å². The quantitative estimate of drug-likeness (QED) is 0.332. The molecule has 0 unspecified atom stereocenters. The fourth-order valence-electron chi connectivity index (χ4n) is 5.52. The highest BCUT2D eigenvalue weighted by atomic mass is 32.2. The molecule has 1 amide bonds. The summed E-state index contributed by atoms with van der Waals surface area (Å²) in [4.78, 5) is 15.5. The predicted octanol–water partition coefficient (Wildman–Crippen LogP) is 5.53. The smallest absolute Gasteiger partial charge is 0.264 e. The maximum Gasteiger partial charge on any atom is 0.264 e. The van der Waals surface area contributed by atoms with Gasteiger partial charge in [0, 0.05) is 16.7 Å². The molecule has 1 atom stereocenters. The van der Waals surface area contributed by atoms with E-state index in [1.807, 2.05) is 25.1 Å². The van der Waals surface area contributed by atoms with E-state index in [1.165, 1.54) is 23.9 Å². The molecule has 0 aliphatic heterocycles. The Bertz CT molecular complexity index is 1370. The van der Waals surface area contributed by atoms with Gasteiger partial charge in [0.25, 0.3) is 10.0 Å². The Morgan fingerprint density at radius 1 is 1.10 bits per heavy atom. The third-order valence-corrected chi connectivity index (χ3v) is 10.8. The zero-order valence-corrected chi connectivity index (χ0v) is 24.7. The number of carbonyl (C=O) groups is 1. The van der Waals surface area contributed by atoms with E-state index in [0.29, 0.717) is 38.0 Å². The van der Waals surface area contributed by atoms with Crippen molar-refractivity contribution in [2.45, 2.75) is 67.7 Å². The van der Waals surface area contributed by atoms with Crippen LogP contribution in [0, 0.1) is 33.8 Å². The van der Waals surface area contributed by atoms with E-state index in [2.05, 4.69) is 17.0 Å². The van der Waals surface area contributed by atoms with E-state index in [9.17, 15) is 22.9 Å². The van der Waals surface area contributed by atoms with Gasteiger partial charge in [-0.3, -0.25) is 4.79 Å². The molecular weight excluding hydrogens is 554 g/mol. The van der Waals surface area contributed by atoms with Crippen molar-refractivity contribution in [3.8, 4) is 6.07 Å². The minimum atomic E-state index is -4.39. The number of hydrogen-bond donors (Lipinski definition) is 2. The molecule has 3 aliphatic carbocycles. The average molecular weight is 591 g/mol. The monoisotopic (exact) mass is 590 g/mol. The summed E-state index contributed by atoms with van der Waals surface area (Å²) in [5, 5.41) is 12.9. The molecule has 0 spiro atoms. The van der Waals surface area contributed by atoms with Gasteiger partial charge in [0.2, 0.25) is 5.91 Å².